The van der Waals surface area contributed by atoms with Crippen LogP contribution in [0.5, 0.6) is 0 Å². The maximum absolute atomic E-state index is 4.75. The molecule has 0 atom stereocenters. The zero-order valence-electron chi connectivity index (χ0n) is 10.5. The van der Waals surface area contributed by atoms with Crippen molar-refractivity contribution in [1.29, 1.82) is 0 Å². The molecule has 1 aromatic heterocycles. The van der Waals surface area contributed by atoms with Crippen molar-refractivity contribution in [3.8, 4) is 11.3 Å². The van der Waals surface area contributed by atoms with Gasteiger partial charge < -0.3 is 5.32 Å². The fourth-order valence-electron chi connectivity index (χ4n) is 1.80. The van der Waals surface area contributed by atoms with Crippen molar-refractivity contribution in [2.24, 2.45) is 0 Å². The zero-order valence-corrected chi connectivity index (χ0v) is 11.3. The van der Waals surface area contributed by atoms with Crippen LogP contribution in [0.1, 0.15) is 29.7 Å². The lowest BCUT2D eigenvalue weighted by Crippen LogP contribution is -2.04. The molecule has 2 nitrogen and oxygen atoms in total. The van der Waals surface area contributed by atoms with Crippen LogP contribution in [0.15, 0.2) is 30.3 Å². The highest BCUT2D eigenvalue weighted by molar-refractivity contribution is 7.12. The van der Waals surface area contributed by atoms with E-state index in [1.165, 1.54) is 10.4 Å². The molecular weight excluding hydrogens is 228 g/mol. The SMILES string of the molecule is CNCc1nc(-c2ccccc2)c(C(C)C)s1. The molecule has 17 heavy (non-hydrogen) atoms. The average molecular weight is 246 g/mol. The van der Waals surface area contributed by atoms with Crippen LogP contribution in [0.3, 0.4) is 0 Å². The predicted molar refractivity (Wildman–Crippen MR) is 74.4 cm³/mol. The molecule has 0 spiro atoms. The summed E-state index contributed by atoms with van der Waals surface area (Å²) in [6.45, 7) is 5.30. The maximum Gasteiger partial charge on any atom is 0.107 e. The van der Waals surface area contributed by atoms with Crippen molar-refractivity contribution in [2.75, 3.05) is 7.05 Å². The summed E-state index contributed by atoms with van der Waals surface area (Å²) in [5.41, 5.74) is 2.37. The van der Waals surface area contributed by atoms with Gasteiger partial charge in [-0.05, 0) is 13.0 Å². The summed E-state index contributed by atoms with van der Waals surface area (Å²) in [7, 11) is 1.96. The Labute approximate surface area is 107 Å². The van der Waals surface area contributed by atoms with Crippen LogP contribution in [0.25, 0.3) is 11.3 Å². The molecule has 1 aromatic carbocycles. The van der Waals surface area contributed by atoms with Gasteiger partial charge in [0.1, 0.15) is 5.01 Å². The van der Waals surface area contributed by atoms with Crippen molar-refractivity contribution in [2.45, 2.75) is 26.3 Å². The number of hydrogen-bond donors (Lipinski definition) is 1. The van der Waals surface area contributed by atoms with E-state index in [1.54, 1.807) is 0 Å². The van der Waals surface area contributed by atoms with Gasteiger partial charge in [0.05, 0.1) is 5.69 Å². The second kappa shape index (κ2) is 5.43. The fourth-order valence-corrected chi connectivity index (χ4v) is 2.90. The molecule has 2 rings (SSSR count). The minimum atomic E-state index is 0.522. The third-order valence-electron chi connectivity index (χ3n) is 2.60. The average Bonchev–Trinajstić information content (AvgIpc) is 2.75. The summed E-state index contributed by atoms with van der Waals surface area (Å²) in [4.78, 5) is 6.12. The number of thiazole rings is 1. The lowest BCUT2D eigenvalue weighted by atomic mass is 10.1. The van der Waals surface area contributed by atoms with E-state index in [1.807, 2.05) is 24.5 Å². The van der Waals surface area contributed by atoms with Gasteiger partial charge in [0, 0.05) is 17.0 Å². The van der Waals surface area contributed by atoms with Crippen molar-refractivity contribution < 1.29 is 0 Å². The van der Waals surface area contributed by atoms with E-state index >= 15 is 0 Å². The Balaban J connectivity index is 2.44. The molecule has 0 saturated heterocycles. The van der Waals surface area contributed by atoms with Crippen molar-refractivity contribution in [3.63, 3.8) is 0 Å². The number of nitrogens with zero attached hydrogens (tertiary/aromatic N) is 1. The van der Waals surface area contributed by atoms with E-state index in [2.05, 4.69) is 43.4 Å². The van der Waals surface area contributed by atoms with Gasteiger partial charge >= 0.3 is 0 Å². The monoisotopic (exact) mass is 246 g/mol. The summed E-state index contributed by atoms with van der Waals surface area (Å²) in [5.74, 6) is 0.522. The van der Waals surface area contributed by atoms with Crippen LogP contribution in [-0.2, 0) is 6.54 Å². The quantitative estimate of drug-likeness (QED) is 0.890. The summed E-state index contributed by atoms with van der Waals surface area (Å²) < 4.78 is 0. The van der Waals surface area contributed by atoms with Gasteiger partial charge in [-0.2, -0.15) is 0 Å². The molecule has 2 aromatic rings. The molecular formula is C14H18N2S. The predicted octanol–water partition coefficient (Wildman–Crippen LogP) is 3.65. The Morgan fingerprint density at radius 2 is 1.94 bits per heavy atom. The molecule has 0 aliphatic carbocycles. The zero-order chi connectivity index (χ0) is 12.3. The molecule has 0 radical (unpaired) electrons. The molecule has 0 bridgehead atoms. The number of benzene rings is 1. The highest BCUT2D eigenvalue weighted by Crippen LogP contribution is 2.33. The molecule has 0 amide bonds. The third kappa shape index (κ3) is 2.73. The van der Waals surface area contributed by atoms with Gasteiger partial charge in [-0.25, -0.2) is 4.98 Å². The number of aromatic nitrogens is 1. The van der Waals surface area contributed by atoms with Gasteiger partial charge in [0.2, 0.25) is 0 Å². The summed E-state index contributed by atoms with van der Waals surface area (Å²) in [5, 5.41) is 4.32. The number of nitrogens with one attached hydrogen (secondary N) is 1. The fraction of sp³-hybridized carbons (Fsp3) is 0.357. The van der Waals surface area contributed by atoms with Crippen molar-refractivity contribution in [3.05, 3.63) is 40.2 Å². The smallest absolute Gasteiger partial charge is 0.107 e. The first-order valence-electron chi connectivity index (χ1n) is 5.92. The number of rotatable bonds is 4. The van der Waals surface area contributed by atoms with Crippen LogP contribution in [0, 0.1) is 0 Å². The van der Waals surface area contributed by atoms with E-state index in [9.17, 15) is 0 Å². The Bertz CT molecular complexity index is 474. The topological polar surface area (TPSA) is 24.9 Å². The van der Waals surface area contributed by atoms with Crippen molar-refractivity contribution >= 4 is 11.3 Å². The Morgan fingerprint density at radius 3 is 2.53 bits per heavy atom. The van der Waals surface area contributed by atoms with Gasteiger partial charge in [0.15, 0.2) is 0 Å². The largest absolute Gasteiger partial charge is 0.314 e. The lowest BCUT2D eigenvalue weighted by molar-refractivity contribution is 0.810. The van der Waals surface area contributed by atoms with E-state index in [0.29, 0.717) is 5.92 Å². The molecule has 1 heterocycles. The molecule has 0 fully saturated rings. The highest BCUT2D eigenvalue weighted by Gasteiger charge is 2.14. The molecule has 0 aliphatic rings. The highest BCUT2D eigenvalue weighted by atomic mass is 32.1. The van der Waals surface area contributed by atoms with Crippen LogP contribution in [0.4, 0.5) is 0 Å². The maximum atomic E-state index is 4.75. The molecule has 0 unspecified atom stereocenters. The Morgan fingerprint density at radius 1 is 1.24 bits per heavy atom. The molecule has 0 saturated carbocycles. The molecule has 1 N–H and O–H groups in total. The molecule has 3 heteroatoms. The summed E-state index contributed by atoms with van der Waals surface area (Å²) in [6.07, 6.45) is 0. The van der Waals surface area contributed by atoms with Gasteiger partial charge in [-0.3, -0.25) is 0 Å². The normalized spacial score (nSPS) is 11.1. The van der Waals surface area contributed by atoms with Gasteiger partial charge in [0.25, 0.3) is 0 Å². The first-order valence-corrected chi connectivity index (χ1v) is 6.73. The Hall–Kier alpha value is -1.19. The van der Waals surface area contributed by atoms with E-state index < -0.39 is 0 Å². The Kier molecular flexibility index (Phi) is 3.92. The van der Waals surface area contributed by atoms with Crippen LogP contribution in [-0.4, -0.2) is 12.0 Å². The minimum Gasteiger partial charge on any atom is -0.314 e. The van der Waals surface area contributed by atoms with Crippen LogP contribution >= 0.6 is 11.3 Å². The minimum absolute atomic E-state index is 0.522. The first kappa shape index (κ1) is 12.3. The van der Waals surface area contributed by atoms with Crippen LogP contribution < -0.4 is 5.32 Å². The molecule has 0 aliphatic heterocycles. The number of hydrogen-bond acceptors (Lipinski definition) is 3. The van der Waals surface area contributed by atoms with Crippen molar-refractivity contribution in [1.82, 2.24) is 10.3 Å². The third-order valence-corrected chi connectivity index (χ3v) is 3.95. The summed E-state index contributed by atoms with van der Waals surface area (Å²) >= 11 is 1.81. The summed E-state index contributed by atoms with van der Waals surface area (Å²) in [6, 6.07) is 10.4. The first-order chi connectivity index (χ1) is 8.22. The van der Waals surface area contributed by atoms with E-state index in [-0.39, 0.29) is 0 Å². The van der Waals surface area contributed by atoms with Crippen LogP contribution in [0.2, 0.25) is 0 Å². The lowest BCUT2D eigenvalue weighted by Gasteiger charge is -2.04. The van der Waals surface area contributed by atoms with Gasteiger partial charge in [-0.1, -0.05) is 44.2 Å². The van der Waals surface area contributed by atoms with E-state index in [0.717, 1.165) is 17.2 Å². The van der Waals surface area contributed by atoms with E-state index in [4.69, 9.17) is 4.98 Å². The molecule has 90 valence electrons. The second-order valence-electron chi connectivity index (χ2n) is 4.37. The second-order valence-corrected chi connectivity index (χ2v) is 5.49. The van der Waals surface area contributed by atoms with Gasteiger partial charge in [-0.15, -0.1) is 11.3 Å². The standard InChI is InChI=1S/C14H18N2S/c1-10(2)14-13(11-7-5-4-6-8-11)16-12(17-14)9-15-3/h4-8,10,15H,9H2,1-3H3.